The average Bonchev–Trinajstić information content (AvgIpc) is 3.51. The number of rotatable bonds is 7. The molecule has 242 valence electrons. The summed E-state index contributed by atoms with van der Waals surface area (Å²) in [6.07, 6.45) is 4.92. The third kappa shape index (κ3) is 6.08. The number of guanidine groups is 1. The first kappa shape index (κ1) is 31.5. The summed E-state index contributed by atoms with van der Waals surface area (Å²) in [7, 11) is 1.59. The fourth-order valence-electron chi connectivity index (χ4n) is 6.31. The predicted octanol–water partition coefficient (Wildman–Crippen LogP) is 5.96. The Morgan fingerprint density at radius 2 is 1.85 bits per heavy atom. The Morgan fingerprint density at radius 3 is 2.53 bits per heavy atom. The van der Waals surface area contributed by atoms with Crippen molar-refractivity contribution in [3.05, 3.63) is 119 Å². The van der Waals surface area contributed by atoms with Crippen LogP contribution in [0.1, 0.15) is 42.3 Å². The third-order valence-corrected chi connectivity index (χ3v) is 8.91. The predicted molar refractivity (Wildman–Crippen MR) is 176 cm³/mol. The van der Waals surface area contributed by atoms with Gasteiger partial charge in [0, 0.05) is 24.9 Å². The van der Waals surface area contributed by atoms with E-state index in [1.807, 2.05) is 85.0 Å². The van der Waals surface area contributed by atoms with Gasteiger partial charge in [-0.15, -0.1) is 0 Å². The summed E-state index contributed by atoms with van der Waals surface area (Å²) in [5.74, 6) is -0.153. The van der Waals surface area contributed by atoms with Crippen molar-refractivity contribution in [3.63, 3.8) is 0 Å². The summed E-state index contributed by atoms with van der Waals surface area (Å²) in [4.78, 5) is 37.1. The first-order valence-electron chi connectivity index (χ1n) is 15.4. The minimum atomic E-state index is -1.05. The summed E-state index contributed by atoms with van der Waals surface area (Å²) in [5.41, 5.74) is 3.27. The second kappa shape index (κ2) is 12.7. The van der Waals surface area contributed by atoms with Gasteiger partial charge in [0.25, 0.3) is 5.91 Å². The number of hydrogen-bond acceptors (Lipinski definition) is 6. The topological polar surface area (TPSA) is 104 Å². The molecule has 3 heterocycles. The Morgan fingerprint density at radius 1 is 1.11 bits per heavy atom. The summed E-state index contributed by atoms with van der Waals surface area (Å²) in [5, 5.41) is 9.24. The van der Waals surface area contributed by atoms with E-state index >= 15 is 0 Å². The lowest BCUT2D eigenvalue weighted by Crippen LogP contribution is -2.71. The number of benzene rings is 3. The van der Waals surface area contributed by atoms with Crippen LogP contribution in [0.3, 0.4) is 0 Å². The van der Waals surface area contributed by atoms with Crippen LogP contribution in [0.5, 0.6) is 5.75 Å². The number of nitrogens with zero attached hydrogens (tertiary/aromatic N) is 5. The molecule has 2 aliphatic rings. The Kier molecular flexibility index (Phi) is 8.55. The molecule has 0 spiro atoms. The number of hydrogen-bond donors (Lipinski definition) is 1. The number of aryl methyl sites for hydroxylation is 1. The van der Waals surface area contributed by atoms with Gasteiger partial charge in [-0.1, -0.05) is 48.5 Å². The maximum atomic E-state index is 14.6. The fourth-order valence-corrected chi connectivity index (χ4v) is 6.31. The van der Waals surface area contributed by atoms with E-state index in [2.05, 4.69) is 4.98 Å². The number of aromatic nitrogens is 2. The van der Waals surface area contributed by atoms with Gasteiger partial charge in [-0.05, 0) is 67.8 Å². The average molecular weight is 637 g/mol. The Hall–Kier alpha value is -5.45. The highest BCUT2D eigenvalue weighted by Crippen LogP contribution is 2.40. The van der Waals surface area contributed by atoms with Crippen LogP contribution in [0.15, 0.2) is 90.9 Å². The molecule has 2 amide bonds. The first-order chi connectivity index (χ1) is 22.6. The maximum Gasteiger partial charge on any atom is 0.410 e. The SMILES string of the molecule is COc1cc(/C=C2/C(=O)N(C(C)c3ccc(F)cc3)C(=N)N3CCN(C(=O)OCc4ccccc4)CC23C)ccc1-n1cnc(C)c1. The molecule has 2 aliphatic heterocycles. The molecule has 0 aliphatic carbocycles. The van der Waals surface area contributed by atoms with Crippen LogP contribution in [0, 0.1) is 18.2 Å². The zero-order valence-electron chi connectivity index (χ0n) is 26.8. The molecule has 2 fully saturated rings. The molecule has 2 unspecified atom stereocenters. The highest BCUT2D eigenvalue weighted by atomic mass is 19.1. The van der Waals surface area contributed by atoms with Gasteiger partial charge < -0.3 is 23.8 Å². The van der Waals surface area contributed by atoms with Gasteiger partial charge in [-0.3, -0.25) is 15.1 Å². The number of methoxy groups -OCH3 is 1. The smallest absolute Gasteiger partial charge is 0.410 e. The fraction of sp³-hybridized carbons (Fsp3) is 0.278. The molecule has 47 heavy (non-hydrogen) atoms. The Balaban J connectivity index is 1.37. The molecule has 2 atom stereocenters. The molecule has 2 saturated heterocycles. The van der Waals surface area contributed by atoms with E-state index in [9.17, 15) is 19.4 Å². The second-order valence-electron chi connectivity index (χ2n) is 12.0. The van der Waals surface area contributed by atoms with Crippen LogP contribution in [0.25, 0.3) is 11.8 Å². The van der Waals surface area contributed by atoms with Crippen molar-refractivity contribution in [1.82, 2.24) is 24.3 Å². The summed E-state index contributed by atoms with van der Waals surface area (Å²) in [6.45, 7) is 6.46. The van der Waals surface area contributed by atoms with Gasteiger partial charge in [-0.25, -0.2) is 14.2 Å². The van der Waals surface area contributed by atoms with E-state index < -0.39 is 17.7 Å². The van der Waals surface area contributed by atoms with Crippen molar-refractivity contribution in [1.29, 1.82) is 5.41 Å². The normalized spacial score (nSPS) is 19.5. The lowest BCUT2D eigenvalue weighted by Gasteiger charge is -2.56. The molecule has 0 bridgehead atoms. The number of ether oxygens (including phenoxy) is 2. The van der Waals surface area contributed by atoms with Crippen LogP contribution < -0.4 is 4.74 Å². The number of carbonyl (C=O) groups is 2. The van der Waals surface area contributed by atoms with E-state index in [4.69, 9.17) is 9.47 Å². The minimum Gasteiger partial charge on any atom is -0.495 e. The number of imidazole rings is 1. The van der Waals surface area contributed by atoms with Crippen molar-refractivity contribution < 1.29 is 23.5 Å². The Labute approximate surface area is 273 Å². The molecule has 1 N–H and O–H groups in total. The summed E-state index contributed by atoms with van der Waals surface area (Å²) >= 11 is 0. The molecule has 0 radical (unpaired) electrons. The maximum absolute atomic E-state index is 14.6. The van der Waals surface area contributed by atoms with Crippen LogP contribution in [0.2, 0.25) is 0 Å². The molecule has 1 aromatic heterocycles. The molecule has 10 nitrogen and oxygen atoms in total. The van der Waals surface area contributed by atoms with Crippen LogP contribution in [-0.2, 0) is 16.1 Å². The lowest BCUT2D eigenvalue weighted by atomic mass is 9.82. The highest BCUT2D eigenvalue weighted by molar-refractivity contribution is 6.12. The molecule has 0 saturated carbocycles. The number of fused-ring (bicyclic) bond motifs is 1. The van der Waals surface area contributed by atoms with Gasteiger partial charge in [0.1, 0.15) is 18.2 Å². The minimum absolute atomic E-state index is 0.0205. The summed E-state index contributed by atoms with van der Waals surface area (Å²) in [6, 6.07) is 20.5. The van der Waals surface area contributed by atoms with E-state index in [0.717, 1.165) is 16.9 Å². The number of piperazine rings is 1. The first-order valence-corrected chi connectivity index (χ1v) is 15.4. The van der Waals surface area contributed by atoms with Crippen LogP contribution in [-0.4, -0.2) is 74.5 Å². The largest absolute Gasteiger partial charge is 0.495 e. The van der Waals surface area contributed by atoms with Crippen molar-refractivity contribution in [3.8, 4) is 11.4 Å². The van der Waals surface area contributed by atoms with Gasteiger partial charge in [-0.2, -0.15) is 0 Å². The van der Waals surface area contributed by atoms with Crippen molar-refractivity contribution in [2.75, 3.05) is 26.7 Å². The highest BCUT2D eigenvalue weighted by Gasteiger charge is 2.53. The number of nitrogens with one attached hydrogen (secondary N) is 1. The molecular formula is C36H37FN6O4. The van der Waals surface area contributed by atoms with E-state index in [0.29, 0.717) is 35.5 Å². The van der Waals surface area contributed by atoms with Gasteiger partial charge in [0.05, 0.1) is 42.9 Å². The molecule has 11 heteroatoms. The Bertz CT molecular complexity index is 1840. The molecular weight excluding hydrogens is 599 g/mol. The third-order valence-electron chi connectivity index (χ3n) is 8.91. The van der Waals surface area contributed by atoms with Gasteiger partial charge >= 0.3 is 6.09 Å². The van der Waals surface area contributed by atoms with Crippen LogP contribution in [0.4, 0.5) is 9.18 Å². The monoisotopic (exact) mass is 636 g/mol. The standard InChI is InChI=1S/C36H37FN6O4/c1-24-20-41(23-39-24)31-15-10-27(19-32(31)46-4)18-30-33(44)43(25(2)28-11-13-29(37)14-12-28)34(38)42-17-16-40(22-36(30,42)3)35(45)47-21-26-8-6-5-7-9-26/h5-15,18-20,23,25,38H,16-17,21-22H2,1-4H3/b30-18-,38-34?. The molecule has 6 rings (SSSR count). The second-order valence-corrected chi connectivity index (χ2v) is 12.0. The number of halogens is 1. The van der Waals surface area contributed by atoms with Crippen molar-refractivity contribution >= 4 is 24.0 Å². The zero-order valence-corrected chi connectivity index (χ0v) is 26.8. The van der Waals surface area contributed by atoms with Gasteiger partial charge in [0.15, 0.2) is 0 Å². The van der Waals surface area contributed by atoms with E-state index in [1.54, 1.807) is 36.5 Å². The van der Waals surface area contributed by atoms with Crippen molar-refractivity contribution in [2.24, 2.45) is 0 Å². The number of carbonyl (C=O) groups excluding carboxylic acids is 2. The quantitative estimate of drug-likeness (QED) is 0.251. The van der Waals surface area contributed by atoms with Crippen LogP contribution >= 0.6 is 0 Å². The number of amides is 2. The van der Waals surface area contributed by atoms with E-state index in [1.165, 1.54) is 17.0 Å². The molecule has 3 aromatic carbocycles. The van der Waals surface area contributed by atoms with Gasteiger partial charge in [0.2, 0.25) is 5.96 Å². The zero-order chi connectivity index (χ0) is 33.3. The lowest BCUT2D eigenvalue weighted by molar-refractivity contribution is -0.130. The summed E-state index contributed by atoms with van der Waals surface area (Å²) < 4.78 is 27.0. The van der Waals surface area contributed by atoms with Crippen molar-refractivity contribution in [2.45, 2.75) is 39.0 Å². The van der Waals surface area contributed by atoms with E-state index in [-0.39, 0.29) is 30.8 Å². The molecule has 4 aromatic rings.